The van der Waals surface area contributed by atoms with Crippen molar-refractivity contribution in [3.8, 4) is 11.1 Å². The van der Waals surface area contributed by atoms with Gasteiger partial charge in [0.2, 0.25) is 0 Å². The molecule has 0 heteroatoms. The van der Waals surface area contributed by atoms with E-state index in [1.165, 1.54) is 33.4 Å². The number of hydrogen-bond acceptors (Lipinski definition) is 0. The van der Waals surface area contributed by atoms with Crippen molar-refractivity contribution in [2.24, 2.45) is 0 Å². The van der Waals surface area contributed by atoms with Gasteiger partial charge in [0, 0.05) is 0 Å². The molecular formula is C18H22. The molecule has 0 bridgehead atoms. The molecule has 0 nitrogen and oxygen atoms in total. The van der Waals surface area contributed by atoms with E-state index in [0.29, 0.717) is 0 Å². The summed E-state index contributed by atoms with van der Waals surface area (Å²) in [6.07, 6.45) is 1.89. The minimum atomic E-state index is 0. The molecule has 94 valence electrons. The third-order valence-corrected chi connectivity index (χ3v) is 3.16. The van der Waals surface area contributed by atoms with E-state index in [1.54, 1.807) is 0 Å². The third kappa shape index (κ3) is 2.70. The molecule has 0 atom stereocenters. The number of rotatable bonds is 2. The summed E-state index contributed by atoms with van der Waals surface area (Å²) in [7, 11) is 0. The van der Waals surface area contributed by atoms with Crippen LogP contribution in [0.5, 0.6) is 0 Å². The summed E-state index contributed by atoms with van der Waals surface area (Å²) in [5, 5.41) is 0. The highest BCUT2D eigenvalue weighted by atomic mass is 14.1. The lowest BCUT2D eigenvalue weighted by Crippen LogP contribution is -1.88. The van der Waals surface area contributed by atoms with Crippen LogP contribution in [-0.2, 0) is 0 Å². The molecule has 0 fully saturated rings. The Hall–Kier alpha value is -1.82. The van der Waals surface area contributed by atoms with Gasteiger partial charge in [-0.15, -0.1) is 0 Å². The van der Waals surface area contributed by atoms with Gasteiger partial charge in [0.15, 0.2) is 0 Å². The minimum absolute atomic E-state index is 0. The zero-order valence-electron chi connectivity index (χ0n) is 10.7. The van der Waals surface area contributed by atoms with Crippen LogP contribution in [0.4, 0.5) is 0 Å². The van der Waals surface area contributed by atoms with E-state index in [0.717, 1.165) is 0 Å². The molecule has 0 aliphatic carbocycles. The first-order chi connectivity index (χ1) is 8.11. The van der Waals surface area contributed by atoms with Crippen molar-refractivity contribution in [1.82, 2.24) is 0 Å². The number of hydrogen-bond donors (Lipinski definition) is 0. The van der Waals surface area contributed by atoms with Gasteiger partial charge in [0.1, 0.15) is 0 Å². The molecule has 2 aromatic carbocycles. The smallest absolute Gasteiger partial charge is 0.0152 e. The van der Waals surface area contributed by atoms with Crippen LogP contribution in [0.3, 0.4) is 0 Å². The number of benzene rings is 2. The predicted octanol–water partition coefficient (Wildman–Crippen LogP) is 5.56. The molecule has 18 heavy (non-hydrogen) atoms. The van der Waals surface area contributed by atoms with Gasteiger partial charge in [-0.05, 0) is 48.6 Å². The average molecular weight is 238 g/mol. The van der Waals surface area contributed by atoms with Crippen LogP contribution in [0.15, 0.2) is 43.0 Å². The summed E-state index contributed by atoms with van der Waals surface area (Å²) >= 11 is 0. The second-order valence-corrected chi connectivity index (χ2v) is 4.60. The van der Waals surface area contributed by atoms with Crippen molar-refractivity contribution < 1.29 is 0 Å². The highest BCUT2D eigenvalue weighted by Gasteiger charge is 2.05. The Bertz CT molecular complexity index is 562. The van der Waals surface area contributed by atoms with Crippen LogP contribution in [-0.4, -0.2) is 0 Å². The fourth-order valence-electron chi connectivity index (χ4n) is 2.23. The molecule has 0 radical (unpaired) electrons. The van der Waals surface area contributed by atoms with E-state index >= 15 is 0 Å². The first-order valence-electron chi connectivity index (χ1n) is 5.92. The van der Waals surface area contributed by atoms with Gasteiger partial charge < -0.3 is 0 Å². The van der Waals surface area contributed by atoms with Gasteiger partial charge in [-0.1, -0.05) is 62.0 Å². The molecule has 0 aliphatic heterocycles. The van der Waals surface area contributed by atoms with Crippen molar-refractivity contribution in [3.05, 3.63) is 65.2 Å². The molecule has 2 rings (SSSR count). The first kappa shape index (κ1) is 14.2. The monoisotopic (exact) mass is 238 g/mol. The molecule has 0 aliphatic rings. The maximum atomic E-state index is 3.80. The maximum absolute atomic E-state index is 3.80. The molecule has 2 aromatic rings. The molecular weight excluding hydrogens is 216 g/mol. The zero-order chi connectivity index (χ0) is 12.4. The molecule has 0 aromatic heterocycles. The lowest BCUT2D eigenvalue weighted by Gasteiger charge is -2.11. The van der Waals surface area contributed by atoms with E-state index in [2.05, 4.69) is 63.7 Å². The summed E-state index contributed by atoms with van der Waals surface area (Å²) in [6, 6.07) is 13.1. The van der Waals surface area contributed by atoms with Crippen LogP contribution < -0.4 is 0 Å². The number of aryl methyl sites for hydroxylation is 3. The van der Waals surface area contributed by atoms with E-state index in [4.69, 9.17) is 0 Å². The second kappa shape index (κ2) is 5.68. The lowest BCUT2D eigenvalue weighted by atomic mass is 9.94. The Morgan fingerprint density at radius 1 is 0.833 bits per heavy atom. The van der Waals surface area contributed by atoms with E-state index in [1.807, 2.05) is 6.08 Å². The Labute approximate surface area is 111 Å². The quantitative estimate of drug-likeness (QED) is 0.642. The van der Waals surface area contributed by atoms with E-state index < -0.39 is 0 Å². The molecule has 0 saturated carbocycles. The summed E-state index contributed by atoms with van der Waals surface area (Å²) in [4.78, 5) is 0. The van der Waals surface area contributed by atoms with Gasteiger partial charge in [0.25, 0.3) is 0 Å². The predicted molar refractivity (Wildman–Crippen MR) is 82.9 cm³/mol. The van der Waals surface area contributed by atoms with Crippen LogP contribution >= 0.6 is 0 Å². The maximum Gasteiger partial charge on any atom is -0.0152 e. The van der Waals surface area contributed by atoms with Crippen LogP contribution in [0.25, 0.3) is 17.2 Å². The summed E-state index contributed by atoms with van der Waals surface area (Å²) in [6.45, 7) is 10.3. The first-order valence-corrected chi connectivity index (χ1v) is 5.92. The van der Waals surface area contributed by atoms with Crippen molar-refractivity contribution in [1.29, 1.82) is 0 Å². The fourth-order valence-corrected chi connectivity index (χ4v) is 2.23. The standard InChI is InChI=1S/C17H18.CH4/c1-5-15-7-9-17(14(4)11-15)16-8-6-12(2)10-13(16)3;/h5-11H,1H2,2-4H3;1H4. The van der Waals surface area contributed by atoms with Gasteiger partial charge >= 0.3 is 0 Å². The van der Waals surface area contributed by atoms with Crippen molar-refractivity contribution in [3.63, 3.8) is 0 Å². The van der Waals surface area contributed by atoms with Crippen LogP contribution in [0, 0.1) is 20.8 Å². The van der Waals surface area contributed by atoms with Gasteiger partial charge in [-0.3, -0.25) is 0 Å². The summed E-state index contributed by atoms with van der Waals surface area (Å²) in [5.41, 5.74) is 7.76. The molecule has 0 N–H and O–H groups in total. The zero-order valence-corrected chi connectivity index (χ0v) is 10.7. The summed E-state index contributed by atoms with van der Waals surface area (Å²) < 4.78 is 0. The van der Waals surface area contributed by atoms with Crippen molar-refractivity contribution in [2.75, 3.05) is 0 Å². The Morgan fingerprint density at radius 3 is 1.89 bits per heavy atom. The highest BCUT2D eigenvalue weighted by Crippen LogP contribution is 2.28. The Morgan fingerprint density at radius 2 is 1.39 bits per heavy atom. The minimum Gasteiger partial charge on any atom is -0.0985 e. The van der Waals surface area contributed by atoms with Gasteiger partial charge in [-0.25, -0.2) is 0 Å². The lowest BCUT2D eigenvalue weighted by molar-refractivity contribution is 1.36. The molecule has 0 amide bonds. The second-order valence-electron chi connectivity index (χ2n) is 4.60. The highest BCUT2D eigenvalue weighted by molar-refractivity contribution is 5.72. The van der Waals surface area contributed by atoms with E-state index in [-0.39, 0.29) is 7.43 Å². The molecule has 0 unspecified atom stereocenters. The van der Waals surface area contributed by atoms with Gasteiger partial charge in [0.05, 0.1) is 0 Å². The van der Waals surface area contributed by atoms with E-state index in [9.17, 15) is 0 Å². The largest absolute Gasteiger partial charge is 0.0985 e. The molecule has 0 heterocycles. The summed E-state index contributed by atoms with van der Waals surface area (Å²) in [5.74, 6) is 0. The van der Waals surface area contributed by atoms with Crippen LogP contribution in [0.1, 0.15) is 29.7 Å². The average Bonchev–Trinajstić information content (AvgIpc) is 2.30. The van der Waals surface area contributed by atoms with Gasteiger partial charge in [-0.2, -0.15) is 0 Å². The molecule has 0 spiro atoms. The van der Waals surface area contributed by atoms with Crippen molar-refractivity contribution in [2.45, 2.75) is 28.2 Å². The fraction of sp³-hybridized carbons (Fsp3) is 0.222. The Kier molecular flexibility index (Phi) is 4.49. The normalized spacial score (nSPS) is 9.72. The topological polar surface area (TPSA) is 0 Å². The third-order valence-electron chi connectivity index (χ3n) is 3.16. The Balaban J connectivity index is 0.00000162. The SMILES string of the molecule is C.C=Cc1ccc(-c2ccc(C)cc2C)c(C)c1. The van der Waals surface area contributed by atoms with Crippen LogP contribution in [0.2, 0.25) is 0 Å². The van der Waals surface area contributed by atoms with Crippen molar-refractivity contribution >= 4 is 6.08 Å². The molecule has 0 saturated heterocycles.